The minimum absolute atomic E-state index is 0.104. The highest BCUT2D eigenvalue weighted by Crippen LogP contribution is 2.47. The van der Waals surface area contributed by atoms with E-state index in [2.05, 4.69) is 42.0 Å². The summed E-state index contributed by atoms with van der Waals surface area (Å²) in [6.07, 6.45) is 6.04. The molecule has 1 aliphatic rings. The Labute approximate surface area is 136 Å². The van der Waals surface area contributed by atoms with Gasteiger partial charge in [-0.15, -0.1) is 0 Å². The molecular formula is C18H27BrFN. The molecule has 1 aliphatic carbocycles. The second-order valence-electron chi connectivity index (χ2n) is 6.92. The number of rotatable bonds is 5. The molecule has 1 aromatic rings. The molecule has 2 rings (SSSR count). The summed E-state index contributed by atoms with van der Waals surface area (Å²) in [4.78, 5) is 0. The van der Waals surface area contributed by atoms with E-state index in [0.717, 1.165) is 18.5 Å². The van der Waals surface area contributed by atoms with Crippen LogP contribution in [0.15, 0.2) is 22.7 Å². The summed E-state index contributed by atoms with van der Waals surface area (Å²) in [6.45, 7) is 7.78. The van der Waals surface area contributed by atoms with Crippen LogP contribution in [0.2, 0.25) is 0 Å². The van der Waals surface area contributed by atoms with E-state index in [1.165, 1.54) is 25.7 Å². The molecule has 0 radical (unpaired) electrons. The smallest absolute Gasteiger partial charge is 0.142 e. The minimum Gasteiger partial charge on any atom is -0.310 e. The van der Waals surface area contributed by atoms with Gasteiger partial charge in [-0.25, -0.2) is 4.39 Å². The van der Waals surface area contributed by atoms with Gasteiger partial charge in [0, 0.05) is 11.6 Å². The molecule has 1 saturated carbocycles. The zero-order valence-corrected chi connectivity index (χ0v) is 15.0. The normalized spacial score (nSPS) is 23.0. The summed E-state index contributed by atoms with van der Waals surface area (Å²) in [5.74, 6) is 0.383. The first-order chi connectivity index (χ1) is 9.97. The van der Waals surface area contributed by atoms with Crippen molar-refractivity contribution in [3.63, 3.8) is 0 Å². The van der Waals surface area contributed by atoms with Crippen molar-refractivity contribution in [2.24, 2.45) is 11.3 Å². The van der Waals surface area contributed by atoms with E-state index in [1.807, 2.05) is 12.1 Å². The van der Waals surface area contributed by atoms with Crippen LogP contribution in [-0.2, 0) is 0 Å². The van der Waals surface area contributed by atoms with Gasteiger partial charge in [0.25, 0.3) is 0 Å². The highest BCUT2D eigenvalue weighted by atomic mass is 79.9. The average molecular weight is 356 g/mol. The Morgan fingerprint density at radius 1 is 1.38 bits per heavy atom. The van der Waals surface area contributed by atoms with E-state index in [-0.39, 0.29) is 17.3 Å². The molecule has 0 aromatic heterocycles. The molecule has 2 unspecified atom stereocenters. The van der Waals surface area contributed by atoms with Crippen molar-refractivity contribution in [3.8, 4) is 0 Å². The largest absolute Gasteiger partial charge is 0.310 e. The van der Waals surface area contributed by atoms with E-state index in [0.29, 0.717) is 10.4 Å². The minimum atomic E-state index is -0.104. The van der Waals surface area contributed by atoms with Crippen molar-refractivity contribution in [2.45, 2.75) is 58.9 Å². The zero-order chi connectivity index (χ0) is 15.5. The lowest BCUT2D eigenvalue weighted by atomic mass is 9.64. The predicted octanol–water partition coefficient (Wildman–Crippen LogP) is 5.85. The van der Waals surface area contributed by atoms with Crippen molar-refractivity contribution in [3.05, 3.63) is 34.1 Å². The van der Waals surface area contributed by atoms with Gasteiger partial charge in [-0.1, -0.05) is 45.7 Å². The lowest BCUT2D eigenvalue weighted by Gasteiger charge is -2.44. The zero-order valence-electron chi connectivity index (χ0n) is 13.4. The van der Waals surface area contributed by atoms with Crippen molar-refractivity contribution in [1.82, 2.24) is 5.32 Å². The summed E-state index contributed by atoms with van der Waals surface area (Å²) < 4.78 is 15.2. The first-order valence-corrected chi connectivity index (χ1v) is 8.94. The van der Waals surface area contributed by atoms with Crippen molar-refractivity contribution >= 4 is 15.9 Å². The van der Waals surface area contributed by atoms with Gasteiger partial charge < -0.3 is 5.32 Å². The van der Waals surface area contributed by atoms with Crippen molar-refractivity contribution in [1.29, 1.82) is 0 Å². The van der Waals surface area contributed by atoms with Crippen molar-refractivity contribution in [2.75, 3.05) is 6.54 Å². The highest BCUT2D eigenvalue weighted by molar-refractivity contribution is 9.10. The third kappa shape index (κ3) is 3.87. The van der Waals surface area contributed by atoms with Crippen LogP contribution < -0.4 is 5.32 Å². The second-order valence-corrected chi connectivity index (χ2v) is 7.77. The second kappa shape index (κ2) is 7.23. The highest BCUT2D eigenvalue weighted by Gasteiger charge is 2.38. The maximum Gasteiger partial charge on any atom is 0.142 e. The molecule has 0 spiro atoms. The molecule has 0 heterocycles. The molecule has 1 fully saturated rings. The van der Waals surface area contributed by atoms with E-state index in [9.17, 15) is 4.39 Å². The Kier molecular flexibility index (Phi) is 5.84. The third-order valence-corrected chi connectivity index (χ3v) is 5.54. The summed E-state index contributed by atoms with van der Waals surface area (Å²) in [7, 11) is 0. The molecule has 2 atom stereocenters. The lowest BCUT2D eigenvalue weighted by Crippen LogP contribution is -2.39. The molecule has 1 nitrogen and oxygen atoms in total. The lowest BCUT2D eigenvalue weighted by molar-refractivity contribution is 0.0967. The average Bonchev–Trinajstić information content (AvgIpc) is 2.44. The van der Waals surface area contributed by atoms with Crippen molar-refractivity contribution < 1.29 is 4.39 Å². The number of halogens is 2. The first kappa shape index (κ1) is 17.0. The number of hydrogen-bond acceptors (Lipinski definition) is 1. The Morgan fingerprint density at radius 2 is 2.14 bits per heavy atom. The van der Waals surface area contributed by atoms with Gasteiger partial charge in [-0.3, -0.25) is 0 Å². The fraction of sp³-hybridized carbons (Fsp3) is 0.667. The molecule has 118 valence electrons. The van der Waals surface area contributed by atoms with Crippen LogP contribution in [0.4, 0.5) is 4.39 Å². The monoisotopic (exact) mass is 355 g/mol. The van der Waals surface area contributed by atoms with E-state index >= 15 is 0 Å². The van der Waals surface area contributed by atoms with Crippen LogP contribution in [0.25, 0.3) is 0 Å². The molecular weight excluding hydrogens is 329 g/mol. The van der Waals surface area contributed by atoms with Gasteiger partial charge in [0.2, 0.25) is 0 Å². The maximum atomic E-state index is 14.6. The molecule has 0 amide bonds. The molecule has 0 saturated heterocycles. The van der Waals surface area contributed by atoms with Gasteiger partial charge in [-0.2, -0.15) is 0 Å². The molecule has 0 bridgehead atoms. The number of benzene rings is 1. The molecule has 21 heavy (non-hydrogen) atoms. The quantitative estimate of drug-likeness (QED) is 0.698. The first-order valence-electron chi connectivity index (χ1n) is 8.14. The molecule has 0 aliphatic heterocycles. The van der Waals surface area contributed by atoms with Gasteiger partial charge in [-0.05, 0) is 59.1 Å². The Morgan fingerprint density at radius 3 is 2.81 bits per heavy atom. The van der Waals surface area contributed by atoms with Crippen LogP contribution in [-0.4, -0.2) is 6.54 Å². The topological polar surface area (TPSA) is 12.0 Å². The third-order valence-electron chi connectivity index (χ3n) is 4.92. The molecule has 3 heteroatoms. The van der Waals surface area contributed by atoms with Crippen LogP contribution in [0.5, 0.6) is 0 Å². The predicted molar refractivity (Wildman–Crippen MR) is 90.9 cm³/mol. The fourth-order valence-corrected chi connectivity index (χ4v) is 4.05. The summed E-state index contributed by atoms with van der Waals surface area (Å²) in [5, 5.41) is 3.62. The summed E-state index contributed by atoms with van der Waals surface area (Å²) in [6, 6.07) is 5.77. The maximum absolute atomic E-state index is 14.6. The molecule has 1 N–H and O–H groups in total. The van der Waals surface area contributed by atoms with Gasteiger partial charge in [0.15, 0.2) is 0 Å². The van der Waals surface area contributed by atoms with Crippen LogP contribution in [0, 0.1) is 17.2 Å². The SMILES string of the molecule is CCCNC(c1cccc(Br)c1F)C1CCCCC1(C)C. The number of hydrogen-bond donors (Lipinski definition) is 1. The summed E-state index contributed by atoms with van der Waals surface area (Å²) >= 11 is 3.33. The van der Waals surface area contributed by atoms with Crippen LogP contribution in [0.1, 0.15) is 64.5 Å². The van der Waals surface area contributed by atoms with Crippen LogP contribution >= 0.6 is 15.9 Å². The summed E-state index contributed by atoms with van der Waals surface area (Å²) in [5.41, 5.74) is 1.08. The Bertz CT molecular complexity index is 472. The van der Waals surface area contributed by atoms with Gasteiger partial charge >= 0.3 is 0 Å². The Balaban J connectivity index is 2.35. The Hall–Kier alpha value is -0.410. The van der Waals surface area contributed by atoms with E-state index in [1.54, 1.807) is 6.07 Å². The van der Waals surface area contributed by atoms with E-state index in [4.69, 9.17) is 0 Å². The standard InChI is InChI=1S/C18H27BrFN/c1-4-12-21-17(13-8-7-10-15(19)16(13)20)14-9-5-6-11-18(14,2)3/h7-8,10,14,17,21H,4-6,9,11-12H2,1-3H3. The fourth-order valence-electron chi connectivity index (χ4n) is 3.67. The number of nitrogens with one attached hydrogen (secondary N) is 1. The molecule has 1 aromatic carbocycles. The van der Waals surface area contributed by atoms with E-state index < -0.39 is 0 Å². The van der Waals surface area contributed by atoms with Gasteiger partial charge in [0.1, 0.15) is 5.82 Å². The van der Waals surface area contributed by atoms with Crippen LogP contribution in [0.3, 0.4) is 0 Å². The van der Waals surface area contributed by atoms with Gasteiger partial charge in [0.05, 0.1) is 4.47 Å².